The van der Waals surface area contributed by atoms with Gasteiger partial charge in [-0.2, -0.15) is 0 Å². The fraction of sp³-hybridized carbons (Fsp3) is 0.438. The second-order valence-corrected chi connectivity index (χ2v) is 5.82. The van der Waals surface area contributed by atoms with E-state index in [0.717, 1.165) is 29.5 Å². The van der Waals surface area contributed by atoms with Gasteiger partial charge >= 0.3 is 0 Å². The zero-order chi connectivity index (χ0) is 13.5. The molecule has 20 heavy (non-hydrogen) atoms. The van der Waals surface area contributed by atoms with E-state index in [9.17, 15) is 4.79 Å². The van der Waals surface area contributed by atoms with Crippen molar-refractivity contribution in [3.05, 3.63) is 36.0 Å². The number of aromatic amines is 1. The van der Waals surface area contributed by atoms with E-state index >= 15 is 0 Å². The van der Waals surface area contributed by atoms with Crippen molar-refractivity contribution in [2.75, 3.05) is 6.61 Å². The quantitative estimate of drug-likeness (QED) is 0.900. The molecule has 1 saturated heterocycles. The number of hydrogen-bond acceptors (Lipinski definition) is 2. The predicted molar refractivity (Wildman–Crippen MR) is 76.6 cm³/mol. The van der Waals surface area contributed by atoms with Crippen molar-refractivity contribution in [1.29, 1.82) is 0 Å². The van der Waals surface area contributed by atoms with Crippen LogP contribution in [0.5, 0.6) is 0 Å². The molecular weight excluding hydrogens is 252 g/mol. The average molecular weight is 270 g/mol. The van der Waals surface area contributed by atoms with Crippen LogP contribution in [0.1, 0.15) is 29.6 Å². The molecule has 0 bridgehead atoms. The lowest BCUT2D eigenvalue weighted by Crippen LogP contribution is -2.41. The first kappa shape index (κ1) is 12.0. The number of nitrogens with one attached hydrogen (secondary N) is 2. The molecule has 2 atom stereocenters. The number of carbonyl (C=O) groups excluding carboxylic acids is 1. The summed E-state index contributed by atoms with van der Waals surface area (Å²) in [5, 5.41) is 4.22. The van der Waals surface area contributed by atoms with E-state index in [1.54, 1.807) is 0 Å². The van der Waals surface area contributed by atoms with Gasteiger partial charge in [0.15, 0.2) is 0 Å². The van der Waals surface area contributed by atoms with E-state index in [2.05, 4.69) is 10.3 Å². The van der Waals surface area contributed by atoms with Crippen LogP contribution in [0.15, 0.2) is 30.5 Å². The number of H-pyrrole nitrogens is 1. The second-order valence-electron chi connectivity index (χ2n) is 5.82. The molecule has 1 aromatic heterocycles. The maximum absolute atomic E-state index is 12.4. The van der Waals surface area contributed by atoms with Crippen LogP contribution in [0.4, 0.5) is 0 Å². The van der Waals surface area contributed by atoms with Gasteiger partial charge in [-0.05, 0) is 49.4 Å². The van der Waals surface area contributed by atoms with Crippen LogP contribution >= 0.6 is 0 Å². The van der Waals surface area contributed by atoms with Gasteiger partial charge in [-0.3, -0.25) is 4.79 Å². The minimum Gasteiger partial charge on any atom is -0.376 e. The third kappa shape index (κ3) is 2.10. The van der Waals surface area contributed by atoms with Crippen LogP contribution in [0.25, 0.3) is 10.9 Å². The summed E-state index contributed by atoms with van der Waals surface area (Å²) in [4.78, 5) is 15.5. The van der Waals surface area contributed by atoms with E-state index in [1.807, 2.05) is 30.5 Å². The molecule has 2 aromatic rings. The molecule has 1 saturated carbocycles. The van der Waals surface area contributed by atoms with Crippen molar-refractivity contribution in [3.63, 3.8) is 0 Å². The Morgan fingerprint density at radius 3 is 3.00 bits per heavy atom. The maximum atomic E-state index is 12.4. The molecule has 1 aliphatic carbocycles. The summed E-state index contributed by atoms with van der Waals surface area (Å²) in [5.74, 6) is 0.671. The Morgan fingerprint density at radius 2 is 2.15 bits per heavy atom. The molecule has 1 amide bonds. The van der Waals surface area contributed by atoms with Crippen molar-refractivity contribution < 1.29 is 9.53 Å². The molecule has 104 valence electrons. The molecule has 2 unspecified atom stereocenters. The van der Waals surface area contributed by atoms with Gasteiger partial charge < -0.3 is 15.0 Å². The van der Waals surface area contributed by atoms with Crippen molar-refractivity contribution in [3.8, 4) is 0 Å². The normalized spacial score (nSPS) is 26.0. The number of ether oxygens (including phenoxy) is 1. The third-order valence-corrected chi connectivity index (χ3v) is 4.35. The SMILES string of the molecule is O=C(NC1CCOC1C1CC1)c1ccc2[nH]ccc2c1. The van der Waals surface area contributed by atoms with E-state index in [4.69, 9.17) is 4.74 Å². The van der Waals surface area contributed by atoms with E-state index in [0.29, 0.717) is 5.92 Å². The van der Waals surface area contributed by atoms with Crippen LogP contribution < -0.4 is 5.32 Å². The molecule has 4 nitrogen and oxygen atoms in total. The number of aromatic nitrogens is 1. The summed E-state index contributed by atoms with van der Waals surface area (Å²) < 4.78 is 5.76. The Balaban J connectivity index is 1.51. The molecule has 0 spiro atoms. The van der Waals surface area contributed by atoms with Crippen LogP contribution in [-0.4, -0.2) is 29.6 Å². The molecule has 2 N–H and O–H groups in total. The van der Waals surface area contributed by atoms with Gasteiger partial charge in [0, 0.05) is 29.3 Å². The first-order valence-electron chi connectivity index (χ1n) is 7.31. The first-order valence-corrected chi connectivity index (χ1v) is 7.31. The lowest BCUT2D eigenvalue weighted by molar-refractivity contribution is 0.0729. The van der Waals surface area contributed by atoms with E-state index < -0.39 is 0 Å². The molecule has 0 radical (unpaired) electrons. The molecular formula is C16H18N2O2. The van der Waals surface area contributed by atoms with Crippen LogP contribution in [0.3, 0.4) is 0 Å². The summed E-state index contributed by atoms with van der Waals surface area (Å²) in [7, 11) is 0. The van der Waals surface area contributed by atoms with E-state index in [1.165, 1.54) is 12.8 Å². The lowest BCUT2D eigenvalue weighted by Gasteiger charge is -2.19. The topological polar surface area (TPSA) is 54.1 Å². The molecule has 2 aliphatic rings. The zero-order valence-electron chi connectivity index (χ0n) is 11.3. The van der Waals surface area contributed by atoms with E-state index in [-0.39, 0.29) is 18.1 Å². The Labute approximate surface area is 117 Å². The highest BCUT2D eigenvalue weighted by atomic mass is 16.5. The zero-order valence-corrected chi connectivity index (χ0v) is 11.3. The fourth-order valence-corrected chi connectivity index (χ4v) is 3.10. The molecule has 2 heterocycles. The van der Waals surface area contributed by atoms with Gasteiger partial charge in [0.25, 0.3) is 5.91 Å². The number of carbonyl (C=O) groups is 1. The van der Waals surface area contributed by atoms with Crippen LogP contribution in [-0.2, 0) is 4.74 Å². The Kier molecular flexibility index (Phi) is 2.77. The highest BCUT2D eigenvalue weighted by Crippen LogP contribution is 2.38. The fourth-order valence-electron chi connectivity index (χ4n) is 3.10. The number of amides is 1. The van der Waals surface area contributed by atoms with Gasteiger partial charge in [0.05, 0.1) is 12.1 Å². The monoisotopic (exact) mass is 270 g/mol. The minimum atomic E-state index is 0.00856. The lowest BCUT2D eigenvalue weighted by atomic mass is 10.1. The Hall–Kier alpha value is -1.81. The summed E-state index contributed by atoms with van der Waals surface area (Å²) in [6, 6.07) is 7.92. The van der Waals surface area contributed by atoms with Gasteiger partial charge in [0.2, 0.25) is 0 Å². The maximum Gasteiger partial charge on any atom is 0.251 e. The van der Waals surface area contributed by atoms with Crippen molar-refractivity contribution in [1.82, 2.24) is 10.3 Å². The molecule has 1 aliphatic heterocycles. The molecule has 4 heteroatoms. The van der Waals surface area contributed by atoms with Gasteiger partial charge in [-0.1, -0.05) is 0 Å². The third-order valence-electron chi connectivity index (χ3n) is 4.35. The van der Waals surface area contributed by atoms with Crippen molar-refractivity contribution in [2.24, 2.45) is 5.92 Å². The molecule has 2 fully saturated rings. The minimum absolute atomic E-state index is 0.00856. The Morgan fingerprint density at radius 1 is 1.25 bits per heavy atom. The number of fused-ring (bicyclic) bond motifs is 1. The smallest absolute Gasteiger partial charge is 0.251 e. The second kappa shape index (κ2) is 4.63. The number of hydrogen-bond donors (Lipinski definition) is 2. The molecule has 4 rings (SSSR count). The van der Waals surface area contributed by atoms with Gasteiger partial charge in [-0.25, -0.2) is 0 Å². The van der Waals surface area contributed by atoms with Gasteiger partial charge in [-0.15, -0.1) is 0 Å². The van der Waals surface area contributed by atoms with Crippen molar-refractivity contribution >= 4 is 16.8 Å². The summed E-state index contributed by atoms with van der Waals surface area (Å²) >= 11 is 0. The number of benzene rings is 1. The van der Waals surface area contributed by atoms with Gasteiger partial charge in [0.1, 0.15) is 0 Å². The standard InChI is InChI=1S/C16H18N2O2/c19-16(12-3-4-13-11(9-12)5-7-17-13)18-14-6-8-20-15(14)10-1-2-10/h3-5,7,9-10,14-15,17H,1-2,6,8H2,(H,18,19). The molecule has 1 aromatic carbocycles. The number of rotatable bonds is 3. The van der Waals surface area contributed by atoms with Crippen molar-refractivity contribution in [2.45, 2.75) is 31.4 Å². The van der Waals surface area contributed by atoms with Crippen LogP contribution in [0, 0.1) is 5.92 Å². The largest absolute Gasteiger partial charge is 0.376 e. The highest BCUT2D eigenvalue weighted by molar-refractivity contribution is 5.98. The predicted octanol–water partition coefficient (Wildman–Crippen LogP) is 2.47. The summed E-state index contributed by atoms with van der Waals surface area (Å²) in [5.41, 5.74) is 1.78. The summed E-state index contributed by atoms with van der Waals surface area (Å²) in [6.45, 7) is 0.767. The average Bonchev–Trinajstić information content (AvgIpc) is 3.01. The summed E-state index contributed by atoms with van der Waals surface area (Å²) in [6.07, 6.45) is 5.54. The first-order chi connectivity index (χ1) is 9.81. The van der Waals surface area contributed by atoms with Crippen LogP contribution in [0.2, 0.25) is 0 Å². The Bertz CT molecular complexity index is 645. The highest BCUT2D eigenvalue weighted by Gasteiger charge is 2.41.